The molecule has 3 atom stereocenters. The van der Waals surface area contributed by atoms with E-state index >= 15 is 0 Å². The molecule has 0 aromatic heterocycles. The molecule has 7 heteroatoms. The highest BCUT2D eigenvalue weighted by atomic mass is 16.3. The Morgan fingerprint density at radius 1 is 1.32 bits per heavy atom. The predicted molar refractivity (Wildman–Crippen MR) is 92.6 cm³/mol. The first-order valence-corrected chi connectivity index (χ1v) is 8.46. The van der Waals surface area contributed by atoms with Gasteiger partial charge in [-0.05, 0) is 25.3 Å². The minimum absolute atomic E-state index is 0.222. The number of aliphatic hydroxyl groups excluding tert-OH is 1. The molecule has 1 aromatic rings. The number of aliphatic hydroxyl groups is 1. The van der Waals surface area contributed by atoms with Gasteiger partial charge in [-0.3, -0.25) is 19.3 Å². The third-order valence-corrected chi connectivity index (χ3v) is 4.19. The number of carbonyl (C=O) groups is 3. The number of hydrogen-bond donors (Lipinski definition) is 3. The molecule has 0 spiro atoms. The molecule has 3 amide bonds. The van der Waals surface area contributed by atoms with Crippen LogP contribution < -0.4 is 10.6 Å². The maximum Gasteiger partial charge on any atom is 0.251 e. The summed E-state index contributed by atoms with van der Waals surface area (Å²) in [5.74, 6) is -1.14. The fraction of sp³-hybridized carbons (Fsp3) is 0.500. The number of nitrogens with zero attached hydrogens (tertiary/aromatic N) is 1. The van der Waals surface area contributed by atoms with Gasteiger partial charge in [0.15, 0.2) is 0 Å². The second kappa shape index (κ2) is 8.73. The normalized spacial score (nSPS) is 20.8. The first kappa shape index (κ1) is 19.1. The molecule has 3 N–H and O–H groups in total. The summed E-state index contributed by atoms with van der Waals surface area (Å²) in [6.07, 6.45) is 0.218. The molecule has 1 saturated heterocycles. The van der Waals surface area contributed by atoms with Crippen molar-refractivity contribution in [1.82, 2.24) is 15.5 Å². The molecule has 0 aliphatic carbocycles. The second-order valence-electron chi connectivity index (χ2n) is 6.34. The molecule has 1 aliphatic heterocycles. The van der Waals surface area contributed by atoms with E-state index in [9.17, 15) is 19.5 Å². The van der Waals surface area contributed by atoms with Crippen LogP contribution in [-0.2, 0) is 20.8 Å². The van der Waals surface area contributed by atoms with E-state index in [1.54, 1.807) is 6.92 Å². The van der Waals surface area contributed by atoms with Crippen LogP contribution in [0.1, 0.15) is 25.8 Å². The van der Waals surface area contributed by atoms with Gasteiger partial charge in [0.2, 0.25) is 11.8 Å². The van der Waals surface area contributed by atoms with Crippen molar-refractivity contribution in [2.45, 2.75) is 44.9 Å². The molecule has 1 heterocycles. The van der Waals surface area contributed by atoms with Crippen molar-refractivity contribution >= 4 is 17.7 Å². The monoisotopic (exact) mass is 347 g/mol. The molecule has 0 radical (unpaired) electrons. The zero-order valence-electron chi connectivity index (χ0n) is 14.6. The Morgan fingerprint density at radius 3 is 2.56 bits per heavy atom. The fourth-order valence-corrected chi connectivity index (χ4v) is 2.91. The van der Waals surface area contributed by atoms with Crippen molar-refractivity contribution in [2.24, 2.45) is 0 Å². The Bertz CT molecular complexity index is 620. The minimum Gasteiger partial charge on any atom is -0.392 e. The molecule has 1 aliphatic rings. The lowest BCUT2D eigenvalue weighted by Gasteiger charge is -2.27. The average Bonchev–Trinajstić information content (AvgIpc) is 3.01. The van der Waals surface area contributed by atoms with Crippen LogP contribution in [0, 0.1) is 0 Å². The van der Waals surface area contributed by atoms with E-state index in [-0.39, 0.29) is 24.8 Å². The van der Waals surface area contributed by atoms with Gasteiger partial charge in [0.1, 0.15) is 6.04 Å². The van der Waals surface area contributed by atoms with Gasteiger partial charge < -0.3 is 15.7 Å². The van der Waals surface area contributed by atoms with Crippen LogP contribution in [0.25, 0.3) is 0 Å². The van der Waals surface area contributed by atoms with Crippen molar-refractivity contribution in [3.05, 3.63) is 35.9 Å². The SMILES string of the molecule is CC(=O)N[C@@H](C)C(=O)N(CCc1ccccc1)C(=O)[C@@H]1C[C@@H](O)CN1. The molecular weight excluding hydrogens is 322 g/mol. The number of β-amino-alcohol motifs (C(OH)–C–C–N with tert-alkyl or cyclic N) is 1. The molecule has 25 heavy (non-hydrogen) atoms. The smallest absolute Gasteiger partial charge is 0.251 e. The summed E-state index contributed by atoms with van der Waals surface area (Å²) in [6, 6.07) is 8.20. The van der Waals surface area contributed by atoms with E-state index in [4.69, 9.17) is 0 Å². The molecule has 7 nitrogen and oxygen atoms in total. The molecular formula is C18H25N3O4. The van der Waals surface area contributed by atoms with Gasteiger partial charge in [-0.1, -0.05) is 30.3 Å². The summed E-state index contributed by atoms with van der Waals surface area (Å²) in [4.78, 5) is 37.8. The van der Waals surface area contributed by atoms with Crippen LogP contribution in [0.15, 0.2) is 30.3 Å². The molecule has 136 valence electrons. The highest BCUT2D eigenvalue weighted by molar-refractivity contribution is 6.01. The lowest BCUT2D eigenvalue weighted by Crippen LogP contribution is -2.53. The van der Waals surface area contributed by atoms with Gasteiger partial charge in [0.05, 0.1) is 12.1 Å². The number of imide groups is 1. The highest BCUT2D eigenvalue weighted by Crippen LogP contribution is 2.12. The van der Waals surface area contributed by atoms with E-state index < -0.39 is 24.1 Å². The molecule has 0 unspecified atom stereocenters. The van der Waals surface area contributed by atoms with Gasteiger partial charge in [0.25, 0.3) is 5.91 Å². The standard InChI is InChI=1S/C18H25N3O4/c1-12(20-13(2)22)17(24)21(9-8-14-6-4-3-5-7-14)18(25)16-10-15(23)11-19-16/h3-7,12,15-16,19,23H,8-11H2,1-2H3,(H,20,22)/t12-,15+,16-/m0/s1. The van der Waals surface area contributed by atoms with Crippen LogP contribution in [0.3, 0.4) is 0 Å². The predicted octanol–water partition coefficient (Wildman–Crippen LogP) is -0.168. The summed E-state index contributed by atoms with van der Waals surface area (Å²) < 4.78 is 0. The van der Waals surface area contributed by atoms with Gasteiger partial charge in [-0.15, -0.1) is 0 Å². The summed E-state index contributed by atoms with van der Waals surface area (Å²) in [6.45, 7) is 3.44. The lowest BCUT2D eigenvalue weighted by atomic mass is 10.1. The summed E-state index contributed by atoms with van der Waals surface area (Å²) >= 11 is 0. The van der Waals surface area contributed by atoms with E-state index in [0.29, 0.717) is 13.0 Å². The fourth-order valence-electron chi connectivity index (χ4n) is 2.91. The van der Waals surface area contributed by atoms with Crippen molar-refractivity contribution in [3.63, 3.8) is 0 Å². The van der Waals surface area contributed by atoms with Crippen LogP contribution in [0.4, 0.5) is 0 Å². The number of nitrogens with one attached hydrogen (secondary N) is 2. The first-order chi connectivity index (χ1) is 11.9. The zero-order valence-corrected chi connectivity index (χ0v) is 14.6. The van der Waals surface area contributed by atoms with Crippen LogP contribution >= 0.6 is 0 Å². The van der Waals surface area contributed by atoms with Crippen molar-refractivity contribution in [3.8, 4) is 0 Å². The molecule has 2 rings (SSSR count). The summed E-state index contributed by atoms with van der Waals surface area (Å²) in [5.41, 5.74) is 1.01. The molecule has 0 saturated carbocycles. The third kappa shape index (κ3) is 5.37. The Kier molecular flexibility index (Phi) is 6.66. The van der Waals surface area contributed by atoms with Gasteiger partial charge in [0, 0.05) is 20.0 Å². The molecule has 0 bridgehead atoms. The maximum absolute atomic E-state index is 12.8. The van der Waals surface area contributed by atoms with Crippen molar-refractivity contribution in [2.75, 3.05) is 13.1 Å². The Morgan fingerprint density at radius 2 is 2.00 bits per heavy atom. The van der Waals surface area contributed by atoms with Crippen LogP contribution in [0.2, 0.25) is 0 Å². The lowest BCUT2D eigenvalue weighted by molar-refractivity contribution is -0.148. The van der Waals surface area contributed by atoms with Crippen molar-refractivity contribution < 1.29 is 19.5 Å². The quantitative estimate of drug-likeness (QED) is 0.664. The Labute approximate surface area is 147 Å². The first-order valence-electron chi connectivity index (χ1n) is 8.46. The maximum atomic E-state index is 12.8. The van der Waals surface area contributed by atoms with E-state index in [0.717, 1.165) is 5.56 Å². The molecule has 1 aromatic carbocycles. The van der Waals surface area contributed by atoms with Crippen LogP contribution in [0.5, 0.6) is 0 Å². The molecule has 1 fully saturated rings. The van der Waals surface area contributed by atoms with E-state index in [1.807, 2.05) is 30.3 Å². The summed E-state index contributed by atoms with van der Waals surface area (Å²) in [5, 5.41) is 15.1. The highest BCUT2D eigenvalue weighted by Gasteiger charge is 2.35. The Hall–Kier alpha value is -2.25. The number of benzene rings is 1. The van der Waals surface area contributed by atoms with E-state index in [2.05, 4.69) is 10.6 Å². The number of hydrogen-bond acceptors (Lipinski definition) is 5. The number of carbonyl (C=O) groups excluding carboxylic acids is 3. The number of amides is 3. The van der Waals surface area contributed by atoms with Gasteiger partial charge >= 0.3 is 0 Å². The number of rotatable bonds is 6. The van der Waals surface area contributed by atoms with Crippen LogP contribution in [-0.4, -0.2) is 59.0 Å². The topological polar surface area (TPSA) is 98.7 Å². The van der Waals surface area contributed by atoms with Gasteiger partial charge in [-0.2, -0.15) is 0 Å². The third-order valence-electron chi connectivity index (χ3n) is 4.19. The second-order valence-corrected chi connectivity index (χ2v) is 6.34. The Balaban J connectivity index is 2.10. The van der Waals surface area contributed by atoms with E-state index in [1.165, 1.54) is 11.8 Å². The summed E-state index contributed by atoms with van der Waals surface area (Å²) in [7, 11) is 0. The van der Waals surface area contributed by atoms with Gasteiger partial charge in [-0.25, -0.2) is 0 Å². The minimum atomic E-state index is -0.788. The zero-order chi connectivity index (χ0) is 18.4. The van der Waals surface area contributed by atoms with Crippen molar-refractivity contribution in [1.29, 1.82) is 0 Å². The average molecular weight is 347 g/mol. The largest absolute Gasteiger partial charge is 0.392 e.